The standard InChI is InChI=1S/C89H148O17P2/c1-5-9-13-17-21-25-29-33-37-39-41-43-47-50-54-58-62-66-70-74-87(92)100-80-85(106-89(94)76-72-68-64-60-56-52-48-44-42-40-38-34-30-26-22-18-14-10-6-2)82-104-108(97,98)102-78-83(90)77-101-107(95,96)103-81-84(105-88(93)75-71-67-63-59-55-51-46-36-32-28-24-20-16-12-8-4)79-99-86(91)73-69-65-61-57-53-49-45-35-31-27-23-19-15-11-7-3/h9-11,13-15,21-23,25-27,33-38,41-46,53,57,83-85,90H,5-8,12,16-20,24,28-32,39-40,47-52,54-56,58-82H2,1-4H3,(H,95,96)(H,97,98)/b13-9-,14-10-,15-11-,25-21-,26-22-,27-23-,37-33-,38-34-,43-41-,44-42-,45-35-,46-36-,57-53-. The number of unbranched alkanes of at least 4 members (excludes halogenated alkanes) is 25. The lowest BCUT2D eigenvalue weighted by Gasteiger charge is -2.21. The number of ether oxygens (including phenoxy) is 4. The van der Waals surface area contributed by atoms with E-state index in [9.17, 15) is 43.2 Å². The van der Waals surface area contributed by atoms with Crippen LogP contribution in [0.1, 0.15) is 323 Å². The first-order chi connectivity index (χ1) is 52.7. The van der Waals surface area contributed by atoms with Crippen molar-refractivity contribution in [2.75, 3.05) is 39.6 Å². The van der Waals surface area contributed by atoms with E-state index in [-0.39, 0.29) is 25.7 Å². The zero-order chi connectivity index (χ0) is 78.9. The van der Waals surface area contributed by atoms with E-state index in [1.54, 1.807) is 0 Å². The number of aliphatic hydroxyl groups excluding tert-OH is 1. The lowest BCUT2D eigenvalue weighted by atomic mass is 10.1. The second-order valence-corrected chi connectivity index (χ2v) is 30.2. The van der Waals surface area contributed by atoms with Gasteiger partial charge in [-0.2, -0.15) is 0 Å². The highest BCUT2D eigenvalue weighted by atomic mass is 31.2. The average Bonchev–Trinajstić information content (AvgIpc) is 0.896. The van der Waals surface area contributed by atoms with Crippen molar-refractivity contribution in [3.63, 3.8) is 0 Å². The first kappa shape index (κ1) is 103. The van der Waals surface area contributed by atoms with Crippen molar-refractivity contribution in [1.29, 1.82) is 0 Å². The maximum Gasteiger partial charge on any atom is 0.472 e. The van der Waals surface area contributed by atoms with Crippen LogP contribution in [0.4, 0.5) is 0 Å². The summed E-state index contributed by atoms with van der Waals surface area (Å²) >= 11 is 0. The Morgan fingerprint density at radius 2 is 0.481 bits per heavy atom. The molecule has 0 saturated carbocycles. The second-order valence-electron chi connectivity index (χ2n) is 27.3. The summed E-state index contributed by atoms with van der Waals surface area (Å²) < 4.78 is 68.7. The third kappa shape index (κ3) is 78.8. The summed E-state index contributed by atoms with van der Waals surface area (Å²) in [6.45, 7) is 4.46. The van der Waals surface area contributed by atoms with Gasteiger partial charge in [0.05, 0.1) is 26.4 Å². The number of aliphatic hydroxyl groups is 1. The number of hydrogen-bond acceptors (Lipinski definition) is 15. The number of phosphoric acid groups is 2. The topological polar surface area (TPSA) is 237 Å². The van der Waals surface area contributed by atoms with Crippen LogP contribution in [-0.2, 0) is 65.4 Å². The maximum absolute atomic E-state index is 13.1. The monoisotopic (exact) mass is 1550 g/mol. The summed E-state index contributed by atoms with van der Waals surface area (Å²) in [5.74, 6) is -2.26. The van der Waals surface area contributed by atoms with Crippen molar-refractivity contribution in [1.82, 2.24) is 0 Å². The van der Waals surface area contributed by atoms with Crippen LogP contribution < -0.4 is 0 Å². The molecule has 17 nitrogen and oxygen atoms in total. The Labute approximate surface area is 655 Å². The maximum atomic E-state index is 13.1. The largest absolute Gasteiger partial charge is 0.472 e. The number of esters is 4. The zero-order valence-corrected chi connectivity index (χ0v) is 69.3. The Balaban J connectivity index is 5.44. The molecule has 108 heavy (non-hydrogen) atoms. The molecule has 0 aliphatic carbocycles. The molecule has 0 spiro atoms. The molecular formula is C89H148O17P2. The minimum Gasteiger partial charge on any atom is -0.462 e. The second kappa shape index (κ2) is 79.8. The summed E-state index contributed by atoms with van der Waals surface area (Å²) in [6, 6.07) is 0. The van der Waals surface area contributed by atoms with E-state index in [1.807, 2.05) is 0 Å². The zero-order valence-electron chi connectivity index (χ0n) is 67.5. The van der Waals surface area contributed by atoms with Gasteiger partial charge in [-0.1, -0.05) is 288 Å². The van der Waals surface area contributed by atoms with E-state index < -0.39 is 97.5 Å². The fourth-order valence-electron chi connectivity index (χ4n) is 10.7. The lowest BCUT2D eigenvalue weighted by Crippen LogP contribution is -2.30. The Morgan fingerprint density at radius 1 is 0.269 bits per heavy atom. The molecule has 5 atom stereocenters. The number of carbonyl (C=O) groups is 4. The minimum atomic E-state index is -5.00. The van der Waals surface area contributed by atoms with Gasteiger partial charge in [0.2, 0.25) is 0 Å². The summed E-state index contributed by atoms with van der Waals surface area (Å²) in [4.78, 5) is 73.2. The summed E-state index contributed by atoms with van der Waals surface area (Å²) in [5.41, 5.74) is 0. The molecule has 3 N–H and O–H groups in total. The average molecular weight is 1550 g/mol. The molecule has 0 radical (unpaired) electrons. The van der Waals surface area contributed by atoms with E-state index in [0.29, 0.717) is 25.7 Å². The van der Waals surface area contributed by atoms with Gasteiger partial charge in [-0.3, -0.25) is 37.3 Å². The van der Waals surface area contributed by atoms with Gasteiger partial charge in [-0.05, 0) is 167 Å². The van der Waals surface area contributed by atoms with E-state index in [4.69, 9.17) is 37.0 Å². The molecule has 0 aromatic rings. The third-order valence-electron chi connectivity index (χ3n) is 17.0. The fraction of sp³-hybridized carbons (Fsp3) is 0.663. The Morgan fingerprint density at radius 3 is 0.769 bits per heavy atom. The minimum absolute atomic E-state index is 0.0692. The fourth-order valence-corrected chi connectivity index (χ4v) is 12.3. The predicted octanol–water partition coefficient (Wildman–Crippen LogP) is 24.8. The molecule has 0 bridgehead atoms. The first-order valence-electron chi connectivity index (χ1n) is 41.7. The molecule has 0 rings (SSSR count). The van der Waals surface area contributed by atoms with Gasteiger partial charge in [0.15, 0.2) is 12.2 Å². The van der Waals surface area contributed by atoms with Crippen molar-refractivity contribution in [3.8, 4) is 0 Å². The molecule has 0 aromatic heterocycles. The van der Waals surface area contributed by atoms with Crippen molar-refractivity contribution in [3.05, 3.63) is 158 Å². The van der Waals surface area contributed by atoms with Gasteiger partial charge in [-0.15, -0.1) is 0 Å². The van der Waals surface area contributed by atoms with Gasteiger partial charge in [0.25, 0.3) is 0 Å². The highest BCUT2D eigenvalue weighted by Crippen LogP contribution is 2.45. The van der Waals surface area contributed by atoms with Crippen molar-refractivity contribution in [2.45, 2.75) is 341 Å². The van der Waals surface area contributed by atoms with Crippen LogP contribution in [0.25, 0.3) is 0 Å². The van der Waals surface area contributed by atoms with Gasteiger partial charge >= 0.3 is 39.5 Å². The molecule has 5 unspecified atom stereocenters. The summed E-state index contributed by atoms with van der Waals surface area (Å²) in [6.07, 6.45) is 93.5. The molecule has 0 fully saturated rings. The summed E-state index contributed by atoms with van der Waals surface area (Å²) in [7, 11) is -10.00. The Kier molecular flexibility index (Phi) is 75.8. The Bertz CT molecular complexity index is 2660. The van der Waals surface area contributed by atoms with Crippen LogP contribution in [0.2, 0.25) is 0 Å². The number of rotatable bonds is 77. The molecule has 616 valence electrons. The van der Waals surface area contributed by atoms with Gasteiger partial charge in [0, 0.05) is 25.7 Å². The lowest BCUT2D eigenvalue weighted by molar-refractivity contribution is -0.161. The number of carbonyl (C=O) groups excluding carboxylic acids is 4. The SMILES string of the molecule is CC/C=C\C/C=C\C/C=C\C/C=C\CCCCCCCCC(=O)OCC(COP(=O)(O)OCC(O)COP(=O)(O)OCC(COC(=O)CCCC/C=C\C/C=C\C/C=C\C/C=C\CC)OC(=O)CCCCCCC/C=C\CCCCCCCC)OC(=O)CCCCCCCC/C=C\C/C=C\C/C=C\C/C=C\CC. The molecule has 0 aromatic carbocycles. The van der Waals surface area contributed by atoms with Gasteiger partial charge < -0.3 is 33.8 Å². The highest BCUT2D eigenvalue weighted by molar-refractivity contribution is 7.47. The molecule has 0 heterocycles. The van der Waals surface area contributed by atoms with Gasteiger partial charge in [0.1, 0.15) is 19.3 Å². The normalized spacial score (nSPS) is 14.6. The van der Waals surface area contributed by atoms with Crippen molar-refractivity contribution >= 4 is 39.5 Å². The van der Waals surface area contributed by atoms with Gasteiger partial charge in [-0.25, -0.2) is 9.13 Å². The molecule has 0 aliphatic rings. The number of hydrogen-bond donors (Lipinski definition) is 3. The molecule has 0 aliphatic heterocycles. The van der Waals surface area contributed by atoms with Crippen LogP contribution in [-0.4, -0.2) is 96.7 Å². The van der Waals surface area contributed by atoms with E-state index in [0.717, 1.165) is 205 Å². The first-order valence-corrected chi connectivity index (χ1v) is 44.7. The van der Waals surface area contributed by atoms with Crippen LogP contribution in [0.15, 0.2) is 158 Å². The smallest absolute Gasteiger partial charge is 0.462 e. The van der Waals surface area contributed by atoms with E-state index >= 15 is 0 Å². The van der Waals surface area contributed by atoms with Crippen molar-refractivity contribution < 1.29 is 80.2 Å². The quantitative estimate of drug-likeness (QED) is 0.0169. The third-order valence-corrected chi connectivity index (χ3v) is 18.9. The van der Waals surface area contributed by atoms with Crippen molar-refractivity contribution in [2.24, 2.45) is 0 Å². The molecular weight excluding hydrogens is 1400 g/mol. The van der Waals surface area contributed by atoms with E-state index in [1.165, 1.54) is 38.5 Å². The molecule has 0 amide bonds. The number of phosphoric ester groups is 2. The Hall–Kier alpha value is -5.32. The van der Waals surface area contributed by atoms with Crippen LogP contribution in [0.3, 0.4) is 0 Å². The molecule has 0 saturated heterocycles. The van der Waals surface area contributed by atoms with Crippen LogP contribution in [0, 0.1) is 0 Å². The summed E-state index contributed by atoms with van der Waals surface area (Å²) in [5, 5.41) is 10.7. The van der Waals surface area contributed by atoms with Crippen LogP contribution in [0.5, 0.6) is 0 Å². The highest BCUT2D eigenvalue weighted by Gasteiger charge is 2.30. The van der Waals surface area contributed by atoms with Crippen LogP contribution >= 0.6 is 15.6 Å². The molecule has 19 heteroatoms. The number of allylic oxidation sites excluding steroid dienone is 26. The van der Waals surface area contributed by atoms with E-state index in [2.05, 4.69) is 186 Å². The predicted molar refractivity (Wildman–Crippen MR) is 445 cm³/mol.